The van der Waals surface area contributed by atoms with E-state index in [1.165, 1.54) is 6.08 Å². The van der Waals surface area contributed by atoms with Gasteiger partial charge in [-0.25, -0.2) is 4.79 Å². The Morgan fingerprint density at radius 1 is 1.40 bits per heavy atom. The first-order chi connectivity index (χ1) is 6.37. The molecule has 0 aromatic heterocycles. The summed E-state index contributed by atoms with van der Waals surface area (Å²) >= 11 is 0. The minimum absolute atomic E-state index is 0. The van der Waals surface area contributed by atoms with Gasteiger partial charge in [0.15, 0.2) is 0 Å². The van der Waals surface area contributed by atoms with Crippen molar-refractivity contribution in [3.8, 4) is 0 Å². The molecule has 0 aromatic rings. The van der Waals surface area contributed by atoms with Crippen LogP contribution in [0.15, 0.2) is 24.1 Å². The van der Waals surface area contributed by atoms with Crippen molar-refractivity contribution in [2.75, 3.05) is 0 Å². The van der Waals surface area contributed by atoms with Gasteiger partial charge in [0.05, 0.1) is 5.41 Å². The van der Waals surface area contributed by atoms with Gasteiger partial charge in [-0.1, -0.05) is 26.5 Å². The molecule has 15 heavy (non-hydrogen) atoms. The number of carbonyl (C=O) groups excluding carboxylic acids is 1. The molecule has 0 amide bonds. The molecule has 0 fully saturated rings. The Bertz CT molecular complexity index is 331. The molecule has 0 aromatic carbocycles. The zero-order valence-electron chi connectivity index (χ0n) is 8.97. The fraction of sp³-hybridized carbons (Fsp3) is 0.375. The topological polar surface area (TPSA) is 69.7 Å². The van der Waals surface area contributed by atoms with Crippen molar-refractivity contribution in [1.82, 2.24) is 0 Å². The summed E-state index contributed by atoms with van der Waals surface area (Å²) in [5.41, 5.74) is 0. The van der Waals surface area contributed by atoms with E-state index in [9.17, 15) is 13.2 Å². The zero-order chi connectivity index (χ0) is 11.2. The van der Waals surface area contributed by atoms with Crippen LogP contribution in [-0.2, 0) is 24.1 Å². The van der Waals surface area contributed by atoms with Crippen LogP contribution in [0.4, 0.5) is 0 Å². The number of carbonyl (C=O) groups is 1. The molecule has 81 valence electrons. The van der Waals surface area contributed by atoms with E-state index in [0.29, 0.717) is 0 Å². The molecule has 0 bridgehead atoms. The molecule has 0 aliphatic carbocycles. The zero-order valence-corrected chi connectivity index (χ0v) is 11.8. The van der Waals surface area contributed by atoms with Crippen molar-refractivity contribution in [3.63, 3.8) is 0 Å². The van der Waals surface area contributed by atoms with Crippen molar-refractivity contribution < 1.29 is 22.4 Å². The molecule has 0 rings (SSSR count). The van der Waals surface area contributed by atoms with Gasteiger partial charge in [0.1, 0.15) is 0 Å². The van der Waals surface area contributed by atoms with E-state index in [-0.39, 0.29) is 35.5 Å². The summed E-state index contributed by atoms with van der Waals surface area (Å²) in [5.74, 6) is -0.907. The standard InChI is InChI=1S/C8H12O5S.Na/c1-4-8(9)12-13-14(10,11)6-5-7(2)3;/h4-7H,1H2,2-3H3;. The largest absolute Gasteiger partial charge is 0.366 e. The molecule has 0 unspecified atom stereocenters. The van der Waals surface area contributed by atoms with E-state index < -0.39 is 16.1 Å². The Labute approximate surface area is 111 Å². The summed E-state index contributed by atoms with van der Waals surface area (Å²) in [6.45, 7) is 6.65. The van der Waals surface area contributed by atoms with Crippen molar-refractivity contribution in [2.45, 2.75) is 13.8 Å². The second kappa shape index (κ2) is 8.06. The third-order valence-corrected chi connectivity index (χ3v) is 1.76. The molecule has 0 N–H and O–H groups in total. The second-order valence-electron chi connectivity index (χ2n) is 2.74. The van der Waals surface area contributed by atoms with Crippen molar-refractivity contribution in [3.05, 3.63) is 24.1 Å². The van der Waals surface area contributed by atoms with Crippen LogP contribution in [0, 0.1) is 5.92 Å². The first kappa shape index (κ1) is 17.3. The van der Waals surface area contributed by atoms with Gasteiger partial charge < -0.3 is 0 Å². The summed E-state index contributed by atoms with van der Waals surface area (Å²) in [6.07, 6.45) is 2.19. The smallest absolute Gasteiger partial charge is 0.276 e. The molecule has 0 spiro atoms. The first-order valence-corrected chi connectivity index (χ1v) is 5.30. The number of allylic oxidation sites excluding steroid dienone is 1. The van der Waals surface area contributed by atoms with Crippen LogP contribution in [0.25, 0.3) is 0 Å². The Kier molecular flexibility index (Phi) is 9.28. The van der Waals surface area contributed by atoms with Crippen LogP contribution in [0.5, 0.6) is 0 Å². The van der Waals surface area contributed by atoms with Crippen LogP contribution < -0.4 is 0 Å². The van der Waals surface area contributed by atoms with Crippen LogP contribution in [0.3, 0.4) is 0 Å². The monoisotopic (exact) mass is 243 g/mol. The molecular formula is C8H12NaO5S. The normalized spacial score (nSPS) is 11.1. The Morgan fingerprint density at radius 3 is 2.33 bits per heavy atom. The molecule has 0 aliphatic rings. The first-order valence-electron chi connectivity index (χ1n) is 3.83. The summed E-state index contributed by atoms with van der Waals surface area (Å²) in [5, 5.41) is 0.827. The molecule has 0 saturated carbocycles. The fourth-order valence-electron chi connectivity index (χ4n) is 0.391. The molecule has 1 radical (unpaired) electrons. The van der Waals surface area contributed by atoms with E-state index >= 15 is 0 Å². The quantitative estimate of drug-likeness (QED) is 0.308. The van der Waals surface area contributed by atoms with E-state index in [4.69, 9.17) is 0 Å². The maximum absolute atomic E-state index is 10.9. The van der Waals surface area contributed by atoms with E-state index in [0.717, 1.165) is 11.5 Å². The van der Waals surface area contributed by atoms with Crippen molar-refractivity contribution in [1.29, 1.82) is 0 Å². The van der Waals surface area contributed by atoms with Crippen LogP contribution in [-0.4, -0.2) is 43.9 Å². The van der Waals surface area contributed by atoms with Crippen LogP contribution in [0.2, 0.25) is 0 Å². The van der Waals surface area contributed by atoms with Crippen LogP contribution >= 0.6 is 0 Å². The molecule has 0 saturated heterocycles. The maximum atomic E-state index is 10.9. The third kappa shape index (κ3) is 10.1. The minimum atomic E-state index is -3.95. The summed E-state index contributed by atoms with van der Waals surface area (Å²) < 4.78 is 25.8. The average Bonchev–Trinajstić information content (AvgIpc) is 2.11. The minimum Gasteiger partial charge on any atom is -0.276 e. The summed E-state index contributed by atoms with van der Waals surface area (Å²) in [7, 11) is -3.95. The predicted octanol–water partition coefficient (Wildman–Crippen LogP) is 0.766. The van der Waals surface area contributed by atoms with Gasteiger partial charge in [0, 0.05) is 35.6 Å². The van der Waals surface area contributed by atoms with Gasteiger partial charge in [-0.05, 0) is 10.3 Å². The van der Waals surface area contributed by atoms with E-state index in [1.807, 2.05) is 0 Å². The number of rotatable bonds is 5. The van der Waals surface area contributed by atoms with Gasteiger partial charge in [0.25, 0.3) is 0 Å². The van der Waals surface area contributed by atoms with Gasteiger partial charge in [-0.15, -0.1) is 0 Å². The Hall–Kier alpha value is -0.140. The maximum Gasteiger partial charge on any atom is 0.366 e. The third-order valence-electron chi connectivity index (χ3n) is 1.01. The van der Waals surface area contributed by atoms with Gasteiger partial charge in [-0.3, -0.25) is 4.89 Å². The summed E-state index contributed by atoms with van der Waals surface area (Å²) in [6, 6.07) is 0. The fourth-order valence-corrected chi connectivity index (χ4v) is 1.10. The molecular weight excluding hydrogens is 231 g/mol. The number of hydrogen-bond donors (Lipinski definition) is 0. The van der Waals surface area contributed by atoms with Gasteiger partial charge in [-0.2, -0.15) is 8.42 Å². The molecule has 7 heteroatoms. The Balaban J connectivity index is 0. The average molecular weight is 243 g/mol. The van der Waals surface area contributed by atoms with E-state index in [2.05, 4.69) is 15.8 Å². The van der Waals surface area contributed by atoms with Gasteiger partial charge >= 0.3 is 16.1 Å². The van der Waals surface area contributed by atoms with Gasteiger partial charge in [0.2, 0.25) is 0 Å². The van der Waals surface area contributed by atoms with E-state index in [1.54, 1.807) is 13.8 Å². The summed E-state index contributed by atoms with van der Waals surface area (Å²) in [4.78, 5) is 14.3. The van der Waals surface area contributed by atoms with Crippen LogP contribution in [0.1, 0.15) is 13.8 Å². The second-order valence-corrected chi connectivity index (χ2v) is 4.13. The predicted molar refractivity (Wildman–Crippen MR) is 56.0 cm³/mol. The van der Waals surface area contributed by atoms with Crippen molar-refractivity contribution in [2.24, 2.45) is 5.92 Å². The number of hydrogen-bond acceptors (Lipinski definition) is 5. The Morgan fingerprint density at radius 2 is 1.93 bits per heavy atom. The molecule has 0 heterocycles. The van der Waals surface area contributed by atoms with Crippen molar-refractivity contribution >= 4 is 45.6 Å². The SMILES string of the molecule is C=CC(=O)OOS(=O)(=O)C=CC(C)C.[Na]. The molecule has 0 atom stereocenters. The molecule has 5 nitrogen and oxygen atoms in total. The molecule has 0 aliphatic heterocycles.